The van der Waals surface area contributed by atoms with E-state index in [0.717, 1.165) is 22.3 Å². The van der Waals surface area contributed by atoms with Crippen molar-refractivity contribution in [1.82, 2.24) is 4.90 Å². The van der Waals surface area contributed by atoms with Crippen molar-refractivity contribution >= 4 is 28.3 Å². The smallest absolute Gasteiger partial charge is 0.119 e. The molecule has 29 heavy (non-hydrogen) atoms. The van der Waals surface area contributed by atoms with Gasteiger partial charge in [0.25, 0.3) is 0 Å². The molecule has 3 unspecified atom stereocenters. The number of aliphatic hydroxyl groups is 1. The minimum atomic E-state index is -0.545. The molecule has 2 aromatic carbocycles. The first-order chi connectivity index (χ1) is 13.4. The molecule has 4 nitrogen and oxygen atoms in total. The third-order valence-corrected chi connectivity index (χ3v) is 5.85. The van der Waals surface area contributed by atoms with E-state index < -0.39 is 6.10 Å². The van der Waals surface area contributed by atoms with Crippen molar-refractivity contribution < 1.29 is 14.6 Å². The largest absolute Gasteiger partial charge is 0.491 e. The zero-order chi connectivity index (χ0) is 20.1. The maximum Gasteiger partial charge on any atom is 0.119 e. The van der Waals surface area contributed by atoms with Crippen LogP contribution in [0.5, 0.6) is 5.75 Å². The van der Waals surface area contributed by atoms with E-state index >= 15 is 0 Å². The summed E-state index contributed by atoms with van der Waals surface area (Å²) in [6.07, 6.45) is -0.533. The van der Waals surface area contributed by atoms with Crippen LogP contribution in [0.1, 0.15) is 43.9 Å². The molecule has 0 spiro atoms. The summed E-state index contributed by atoms with van der Waals surface area (Å²) in [5, 5.41) is 10.5. The van der Waals surface area contributed by atoms with E-state index in [-0.39, 0.29) is 31.2 Å². The summed E-state index contributed by atoms with van der Waals surface area (Å²) in [6.45, 7) is 8.83. The molecule has 2 aromatic rings. The second-order valence-electron chi connectivity index (χ2n) is 7.77. The first-order valence-corrected chi connectivity index (χ1v) is 10.7. The number of nitrogens with zero attached hydrogens (tertiary/aromatic N) is 1. The average Bonchev–Trinajstić information content (AvgIpc) is 2.69. The predicted octanol–water partition coefficient (Wildman–Crippen LogP) is 5.20. The molecule has 0 saturated carbocycles. The summed E-state index contributed by atoms with van der Waals surface area (Å²) in [6, 6.07) is 16.6. The zero-order valence-corrected chi connectivity index (χ0v) is 19.7. The van der Waals surface area contributed by atoms with Crippen LogP contribution in [0, 0.1) is 0 Å². The Morgan fingerprint density at radius 2 is 1.79 bits per heavy atom. The van der Waals surface area contributed by atoms with Crippen LogP contribution in [0.3, 0.4) is 0 Å². The Morgan fingerprint density at radius 1 is 1.14 bits per heavy atom. The van der Waals surface area contributed by atoms with E-state index in [0.29, 0.717) is 19.1 Å². The van der Waals surface area contributed by atoms with Crippen LogP contribution in [0.2, 0.25) is 0 Å². The molecule has 1 N–H and O–H groups in total. The predicted molar refractivity (Wildman–Crippen MR) is 123 cm³/mol. The number of hydrogen-bond donors (Lipinski definition) is 1. The average molecular weight is 485 g/mol. The van der Waals surface area contributed by atoms with Crippen LogP contribution < -0.4 is 4.74 Å². The number of rotatable bonds is 7. The fraction of sp³-hybridized carbons (Fsp3) is 0.478. The second kappa shape index (κ2) is 11.3. The van der Waals surface area contributed by atoms with E-state index in [1.807, 2.05) is 24.3 Å². The van der Waals surface area contributed by atoms with Crippen molar-refractivity contribution in [2.24, 2.45) is 0 Å². The SMILES string of the molecule is CC(C)c1ccc(OCC(O)CN2CCOC(c3ccc(Br)cc3)C2C)cc1.Cl. The van der Waals surface area contributed by atoms with Crippen LogP contribution >= 0.6 is 28.3 Å². The lowest BCUT2D eigenvalue weighted by Gasteiger charge is -2.40. The molecule has 3 rings (SSSR count). The van der Waals surface area contributed by atoms with Gasteiger partial charge < -0.3 is 14.6 Å². The second-order valence-corrected chi connectivity index (χ2v) is 8.68. The van der Waals surface area contributed by atoms with Crippen molar-refractivity contribution in [3.63, 3.8) is 0 Å². The molecule has 1 aliphatic heterocycles. The molecule has 0 amide bonds. The normalized spacial score (nSPS) is 20.9. The number of ether oxygens (including phenoxy) is 2. The first kappa shape index (κ1) is 24.2. The highest BCUT2D eigenvalue weighted by atomic mass is 79.9. The van der Waals surface area contributed by atoms with Crippen molar-refractivity contribution in [1.29, 1.82) is 0 Å². The Bertz CT molecular complexity index is 739. The highest BCUT2D eigenvalue weighted by molar-refractivity contribution is 9.10. The maximum atomic E-state index is 10.5. The monoisotopic (exact) mass is 483 g/mol. The van der Waals surface area contributed by atoms with E-state index in [4.69, 9.17) is 9.47 Å². The van der Waals surface area contributed by atoms with E-state index in [1.54, 1.807) is 0 Å². The standard InChI is InChI=1S/C23H30BrNO3.ClH/c1-16(2)18-6-10-22(11-7-18)28-15-21(26)14-25-12-13-27-23(17(25)3)19-4-8-20(24)9-5-19;/h4-11,16-17,21,23,26H,12-15H2,1-3H3;1H. The Balaban J connectivity index is 0.00000300. The lowest BCUT2D eigenvalue weighted by Crippen LogP contribution is -2.49. The molecule has 1 saturated heterocycles. The molecule has 0 bridgehead atoms. The lowest BCUT2D eigenvalue weighted by molar-refractivity contribution is -0.0804. The molecule has 0 aliphatic carbocycles. The Labute approximate surface area is 188 Å². The van der Waals surface area contributed by atoms with E-state index in [9.17, 15) is 5.11 Å². The Kier molecular flexibility index (Phi) is 9.44. The Hall–Kier alpha value is -1.11. The molecule has 160 valence electrons. The minimum Gasteiger partial charge on any atom is -0.491 e. The van der Waals surface area contributed by atoms with Crippen LogP contribution in [0.15, 0.2) is 53.0 Å². The number of aliphatic hydroxyl groups excluding tert-OH is 1. The Morgan fingerprint density at radius 3 is 2.41 bits per heavy atom. The van der Waals surface area contributed by atoms with Gasteiger partial charge in [0.15, 0.2) is 0 Å². The van der Waals surface area contributed by atoms with Gasteiger partial charge in [-0.15, -0.1) is 12.4 Å². The van der Waals surface area contributed by atoms with Crippen molar-refractivity contribution in [3.05, 3.63) is 64.1 Å². The van der Waals surface area contributed by atoms with Gasteiger partial charge >= 0.3 is 0 Å². The van der Waals surface area contributed by atoms with Gasteiger partial charge in [-0.05, 0) is 48.2 Å². The van der Waals surface area contributed by atoms with E-state index in [1.165, 1.54) is 5.56 Å². The van der Waals surface area contributed by atoms with Gasteiger partial charge in [0, 0.05) is 23.6 Å². The summed E-state index contributed by atoms with van der Waals surface area (Å²) in [4.78, 5) is 2.28. The number of halogens is 2. The highest BCUT2D eigenvalue weighted by Crippen LogP contribution is 2.29. The lowest BCUT2D eigenvalue weighted by atomic mass is 10.0. The van der Waals surface area contributed by atoms with E-state index in [2.05, 4.69) is 65.9 Å². The molecule has 6 heteroatoms. The first-order valence-electron chi connectivity index (χ1n) is 9.96. The molecule has 3 atom stereocenters. The zero-order valence-electron chi connectivity index (χ0n) is 17.3. The third kappa shape index (κ3) is 6.69. The van der Waals surface area contributed by atoms with Gasteiger partial charge in [-0.3, -0.25) is 4.90 Å². The van der Waals surface area contributed by atoms with Gasteiger partial charge in [0.2, 0.25) is 0 Å². The summed E-state index contributed by atoms with van der Waals surface area (Å²) in [5.41, 5.74) is 2.45. The number of hydrogen-bond acceptors (Lipinski definition) is 4. The quantitative estimate of drug-likeness (QED) is 0.587. The van der Waals surface area contributed by atoms with Gasteiger partial charge in [0.05, 0.1) is 12.7 Å². The summed E-state index contributed by atoms with van der Waals surface area (Å²) in [5.74, 6) is 1.30. The molecule has 0 aromatic heterocycles. The van der Waals surface area contributed by atoms with Gasteiger partial charge in [-0.1, -0.05) is 54.0 Å². The molecular formula is C23H31BrClNO3. The maximum absolute atomic E-state index is 10.5. The fourth-order valence-corrected chi connectivity index (χ4v) is 3.85. The number of morpholine rings is 1. The number of β-amino-alcohol motifs (C(OH)–C–C–N with tert-alkyl or cyclic N) is 1. The topological polar surface area (TPSA) is 41.9 Å². The minimum absolute atomic E-state index is 0. The molecule has 1 fully saturated rings. The van der Waals surface area contributed by atoms with Crippen LogP contribution in [-0.2, 0) is 4.74 Å². The summed E-state index contributed by atoms with van der Waals surface area (Å²) >= 11 is 3.48. The number of benzene rings is 2. The highest BCUT2D eigenvalue weighted by Gasteiger charge is 2.31. The fourth-order valence-electron chi connectivity index (χ4n) is 3.58. The van der Waals surface area contributed by atoms with Crippen molar-refractivity contribution in [2.45, 2.75) is 44.9 Å². The molecule has 0 radical (unpaired) electrons. The molecule has 1 heterocycles. The molecule has 1 aliphatic rings. The third-order valence-electron chi connectivity index (χ3n) is 5.32. The van der Waals surface area contributed by atoms with Crippen molar-refractivity contribution in [3.8, 4) is 5.75 Å². The van der Waals surface area contributed by atoms with Gasteiger partial charge in [-0.25, -0.2) is 0 Å². The summed E-state index contributed by atoms with van der Waals surface area (Å²) < 4.78 is 12.9. The van der Waals surface area contributed by atoms with Gasteiger partial charge in [-0.2, -0.15) is 0 Å². The van der Waals surface area contributed by atoms with Gasteiger partial charge in [0.1, 0.15) is 18.5 Å². The van der Waals surface area contributed by atoms with Crippen molar-refractivity contribution in [2.75, 3.05) is 26.3 Å². The van der Waals surface area contributed by atoms with Crippen LogP contribution in [0.4, 0.5) is 0 Å². The van der Waals surface area contributed by atoms with Crippen LogP contribution in [-0.4, -0.2) is 48.5 Å². The molecular weight excluding hydrogens is 454 g/mol. The summed E-state index contributed by atoms with van der Waals surface area (Å²) in [7, 11) is 0. The van der Waals surface area contributed by atoms with Crippen LogP contribution in [0.25, 0.3) is 0 Å².